The van der Waals surface area contributed by atoms with Crippen LogP contribution in [0.1, 0.15) is 37.7 Å². The van der Waals surface area contributed by atoms with Crippen LogP contribution in [-0.4, -0.2) is 18.0 Å². The molecule has 1 N–H and O–H groups in total. The molecule has 0 bridgehead atoms. The van der Waals surface area contributed by atoms with Crippen molar-refractivity contribution < 1.29 is 4.92 Å². The summed E-state index contributed by atoms with van der Waals surface area (Å²) in [5, 5.41) is 14.4. The molecule has 1 aliphatic carbocycles. The first-order chi connectivity index (χ1) is 9.22. The van der Waals surface area contributed by atoms with Crippen molar-refractivity contribution in [3.05, 3.63) is 39.9 Å². The van der Waals surface area contributed by atoms with E-state index in [1.165, 1.54) is 25.7 Å². The van der Waals surface area contributed by atoms with Crippen molar-refractivity contribution in [2.24, 2.45) is 5.92 Å². The van der Waals surface area contributed by atoms with Gasteiger partial charge in [0.1, 0.15) is 0 Å². The van der Waals surface area contributed by atoms with Crippen molar-refractivity contribution in [2.75, 3.05) is 7.05 Å². The van der Waals surface area contributed by atoms with E-state index in [0.717, 1.165) is 18.4 Å². The molecule has 0 aromatic heterocycles. The summed E-state index contributed by atoms with van der Waals surface area (Å²) in [4.78, 5) is 10.7. The second-order valence-electron chi connectivity index (χ2n) is 5.36. The summed E-state index contributed by atoms with van der Waals surface area (Å²) in [6.45, 7) is 0. The zero-order valence-electron chi connectivity index (χ0n) is 11.5. The molecule has 0 spiro atoms. The van der Waals surface area contributed by atoms with Crippen LogP contribution in [0.25, 0.3) is 0 Å². The van der Waals surface area contributed by atoms with E-state index in [9.17, 15) is 10.1 Å². The monoisotopic (exact) mass is 262 g/mol. The highest BCUT2D eigenvalue weighted by molar-refractivity contribution is 5.39. The minimum absolute atomic E-state index is 0.263. The third kappa shape index (κ3) is 3.53. The Bertz CT molecular complexity index is 434. The lowest BCUT2D eigenvalue weighted by Crippen LogP contribution is -2.36. The van der Waals surface area contributed by atoms with Crippen LogP contribution in [0.5, 0.6) is 0 Å². The lowest BCUT2D eigenvalue weighted by molar-refractivity contribution is -0.385. The number of nitrogens with one attached hydrogen (secondary N) is 1. The molecule has 2 unspecified atom stereocenters. The molecule has 0 radical (unpaired) electrons. The maximum absolute atomic E-state index is 11.0. The summed E-state index contributed by atoms with van der Waals surface area (Å²) in [5.41, 5.74) is 1.13. The minimum atomic E-state index is -0.272. The van der Waals surface area contributed by atoms with E-state index in [4.69, 9.17) is 0 Å². The third-order valence-electron chi connectivity index (χ3n) is 4.25. The second kappa shape index (κ2) is 6.66. The van der Waals surface area contributed by atoms with Crippen molar-refractivity contribution >= 4 is 5.69 Å². The number of aryl methyl sites for hydroxylation is 1. The largest absolute Gasteiger partial charge is 0.317 e. The molecule has 1 aromatic carbocycles. The van der Waals surface area contributed by atoms with Gasteiger partial charge in [-0.2, -0.15) is 0 Å². The Hall–Kier alpha value is -1.42. The SMILES string of the molecule is CNC1CCCCC1CCc1ccccc1[N+](=O)[O-]. The summed E-state index contributed by atoms with van der Waals surface area (Å²) < 4.78 is 0. The van der Waals surface area contributed by atoms with Gasteiger partial charge in [-0.3, -0.25) is 10.1 Å². The Morgan fingerprint density at radius 1 is 1.32 bits per heavy atom. The molecule has 0 heterocycles. The molecule has 104 valence electrons. The van der Waals surface area contributed by atoms with Gasteiger partial charge in [-0.15, -0.1) is 0 Å². The van der Waals surface area contributed by atoms with Gasteiger partial charge in [0.15, 0.2) is 0 Å². The molecule has 19 heavy (non-hydrogen) atoms. The topological polar surface area (TPSA) is 55.2 Å². The zero-order chi connectivity index (χ0) is 13.7. The van der Waals surface area contributed by atoms with Gasteiger partial charge in [-0.25, -0.2) is 0 Å². The van der Waals surface area contributed by atoms with Gasteiger partial charge in [0.2, 0.25) is 0 Å². The average Bonchev–Trinajstić information content (AvgIpc) is 2.45. The van der Waals surface area contributed by atoms with Gasteiger partial charge >= 0.3 is 0 Å². The number of benzene rings is 1. The fourth-order valence-corrected chi connectivity index (χ4v) is 3.17. The number of hydrogen-bond acceptors (Lipinski definition) is 3. The molecule has 2 rings (SSSR count). The molecule has 1 aliphatic rings. The third-order valence-corrected chi connectivity index (χ3v) is 4.25. The quantitative estimate of drug-likeness (QED) is 0.654. The van der Waals surface area contributed by atoms with Gasteiger partial charge < -0.3 is 5.32 Å². The van der Waals surface area contributed by atoms with Gasteiger partial charge in [0.05, 0.1) is 4.92 Å². The van der Waals surface area contributed by atoms with Crippen molar-refractivity contribution in [1.29, 1.82) is 0 Å². The zero-order valence-corrected chi connectivity index (χ0v) is 11.5. The predicted octanol–water partition coefficient (Wildman–Crippen LogP) is 3.31. The fourth-order valence-electron chi connectivity index (χ4n) is 3.17. The molecular weight excluding hydrogens is 240 g/mol. The van der Waals surface area contributed by atoms with E-state index < -0.39 is 0 Å². The number of nitro groups is 1. The highest BCUT2D eigenvalue weighted by Crippen LogP contribution is 2.29. The van der Waals surface area contributed by atoms with Crippen LogP contribution < -0.4 is 5.32 Å². The number of para-hydroxylation sites is 1. The Morgan fingerprint density at radius 2 is 2.05 bits per heavy atom. The van der Waals surface area contributed by atoms with E-state index in [-0.39, 0.29) is 10.6 Å². The number of hydrogen-bond donors (Lipinski definition) is 1. The van der Waals surface area contributed by atoms with Gasteiger partial charge in [-0.1, -0.05) is 31.0 Å². The highest BCUT2D eigenvalue weighted by Gasteiger charge is 2.24. The van der Waals surface area contributed by atoms with E-state index in [0.29, 0.717) is 12.0 Å². The van der Waals surface area contributed by atoms with E-state index in [1.807, 2.05) is 19.2 Å². The second-order valence-corrected chi connectivity index (χ2v) is 5.36. The van der Waals surface area contributed by atoms with Crippen LogP contribution in [0.2, 0.25) is 0 Å². The molecule has 4 heteroatoms. The maximum Gasteiger partial charge on any atom is 0.272 e. The molecule has 1 fully saturated rings. The Balaban J connectivity index is 2.00. The van der Waals surface area contributed by atoms with Crippen LogP contribution in [-0.2, 0) is 6.42 Å². The maximum atomic E-state index is 11.0. The Kier molecular flexibility index (Phi) is 4.91. The Labute approximate surface area is 114 Å². The van der Waals surface area contributed by atoms with E-state index >= 15 is 0 Å². The van der Waals surface area contributed by atoms with Gasteiger partial charge in [0.25, 0.3) is 5.69 Å². The lowest BCUT2D eigenvalue weighted by atomic mass is 9.81. The van der Waals surface area contributed by atoms with Gasteiger partial charge in [-0.05, 0) is 38.6 Å². The lowest BCUT2D eigenvalue weighted by Gasteiger charge is -2.31. The first-order valence-corrected chi connectivity index (χ1v) is 7.12. The van der Waals surface area contributed by atoms with Crippen molar-refractivity contribution in [2.45, 2.75) is 44.6 Å². The summed E-state index contributed by atoms with van der Waals surface area (Å²) in [6, 6.07) is 7.69. The molecule has 0 saturated heterocycles. The molecular formula is C15H22N2O2. The molecule has 4 nitrogen and oxygen atoms in total. The highest BCUT2D eigenvalue weighted by atomic mass is 16.6. The summed E-state index contributed by atoms with van der Waals surface area (Å²) >= 11 is 0. The first kappa shape index (κ1) is 14.0. The molecule has 0 aliphatic heterocycles. The van der Waals surface area contributed by atoms with E-state index in [2.05, 4.69) is 5.32 Å². The van der Waals surface area contributed by atoms with Gasteiger partial charge in [0, 0.05) is 17.7 Å². The van der Waals surface area contributed by atoms with Crippen LogP contribution in [0.3, 0.4) is 0 Å². The summed E-state index contributed by atoms with van der Waals surface area (Å²) in [5.74, 6) is 0.651. The molecule has 1 aromatic rings. The Morgan fingerprint density at radius 3 is 2.79 bits per heavy atom. The summed E-state index contributed by atoms with van der Waals surface area (Å²) in [6.07, 6.45) is 6.91. The average molecular weight is 262 g/mol. The summed E-state index contributed by atoms with van der Waals surface area (Å²) in [7, 11) is 2.02. The van der Waals surface area contributed by atoms with Crippen molar-refractivity contribution in [3.8, 4) is 0 Å². The predicted molar refractivity (Wildman–Crippen MR) is 76.2 cm³/mol. The number of nitro benzene ring substituents is 1. The molecule has 2 atom stereocenters. The standard InChI is InChI=1S/C15H22N2O2/c1-16-14-8-4-2-6-12(14)10-11-13-7-3-5-9-15(13)17(18)19/h3,5,7,9,12,14,16H,2,4,6,8,10-11H2,1H3. The van der Waals surface area contributed by atoms with Crippen LogP contribution in [0, 0.1) is 16.0 Å². The van der Waals surface area contributed by atoms with Crippen molar-refractivity contribution in [3.63, 3.8) is 0 Å². The smallest absolute Gasteiger partial charge is 0.272 e. The minimum Gasteiger partial charge on any atom is -0.317 e. The van der Waals surface area contributed by atoms with E-state index in [1.54, 1.807) is 12.1 Å². The van der Waals surface area contributed by atoms with Crippen molar-refractivity contribution in [1.82, 2.24) is 5.32 Å². The number of rotatable bonds is 5. The van der Waals surface area contributed by atoms with Crippen LogP contribution in [0.4, 0.5) is 5.69 Å². The molecule has 1 saturated carbocycles. The fraction of sp³-hybridized carbons (Fsp3) is 0.600. The first-order valence-electron chi connectivity index (χ1n) is 7.12. The normalized spacial score (nSPS) is 23.2. The van der Waals surface area contributed by atoms with Crippen LogP contribution >= 0.6 is 0 Å². The number of nitrogens with zero attached hydrogens (tertiary/aromatic N) is 1. The molecule has 0 amide bonds. The van der Waals surface area contributed by atoms with Crippen LogP contribution in [0.15, 0.2) is 24.3 Å².